The molecule has 0 saturated heterocycles. The summed E-state index contributed by atoms with van der Waals surface area (Å²) < 4.78 is 1.56. The van der Waals surface area contributed by atoms with E-state index >= 15 is 0 Å². The van der Waals surface area contributed by atoms with Gasteiger partial charge in [-0.25, -0.2) is 0 Å². The van der Waals surface area contributed by atoms with Crippen molar-refractivity contribution < 1.29 is 9.90 Å². The van der Waals surface area contributed by atoms with Gasteiger partial charge in [-0.05, 0) is 31.0 Å². The lowest BCUT2D eigenvalue weighted by Crippen LogP contribution is -2.18. The lowest BCUT2D eigenvalue weighted by molar-refractivity contribution is 0.101. The van der Waals surface area contributed by atoms with Gasteiger partial charge in [-0.15, -0.1) is 0 Å². The van der Waals surface area contributed by atoms with Crippen LogP contribution < -0.4 is 11.1 Å². The number of nitrogens with one attached hydrogen (secondary N) is 1. The zero-order valence-corrected chi connectivity index (χ0v) is 11.3. The molecule has 2 aromatic rings. The Morgan fingerprint density at radius 1 is 1.40 bits per heavy atom. The zero-order valence-electron chi connectivity index (χ0n) is 11.3. The number of rotatable bonds is 5. The van der Waals surface area contributed by atoms with Crippen molar-refractivity contribution in [2.45, 2.75) is 19.9 Å². The van der Waals surface area contributed by atoms with E-state index in [9.17, 15) is 4.79 Å². The van der Waals surface area contributed by atoms with Crippen molar-refractivity contribution >= 4 is 17.3 Å². The molecule has 0 aliphatic heterocycles. The van der Waals surface area contributed by atoms with Gasteiger partial charge in [-0.1, -0.05) is 12.1 Å². The summed E-state index contributed by atoms with van der Waals surface area (Å²) in [5.41, 5.74) is 8.19. The highest BCUT2D eigenvalue weighted by Crippen LogP contribution is 2.15. The zero-order chi connectivity index (χ0) is 14.5. The van der Waals surface area contributed by atoms with Crippen LogP contribution in [0.3, 0.4) is 0 Å². The number of hydrogen-bond donors (Lipinski definition) is 3. The van der Waals surface area contributed by atoms with Gasteiger partial charge in [0.05, 0.1) is 11.9 Å². The Bertz CT molecular complexity index is 590. The van der Waals surface area contributed by atoms with E-state index < -0.39 is 0 Å². The van der Waals surface area contributed by atoms with E-state index in [0.29, 0.717) is 30.0 Å². The molecule has 0 unspecified atom stereocenters. The molecule has 1 aromatic heterocycles. The van der Waals surface area contributed by atoms with Crippen molar-refractivity contribution in [2.75, 3.05) is 17.7 Å². The van der Waals surface area contributed by atoms with Gasteiger partial charge >= 0.3 is 0 Å². The predicted octanol–water partition coefficient (Wildman–Crippen LogP) is 1.27. The van der Waals surface area contributed by atoms with Crippen LogP contribution in [0.4, 0.5) is 11.4 Å². The number of nitrogen functional groups attached to an aromatic ring is 1. The third kappa shape index (κ3) is 2.97. The molecule has 106 valence electrons. The number of amides is 1. The van der Waals surface area contributed by atoms with Gasteiger partial charge in [0.1, 0.15) is 5.69 Å². The average molecular weight is 274 g/mol. The van der Waals surface area contributed by atoms with Crippen LogP contribution in [0.25, 0.3) is 0 Å². The summed E-state index contributed by atoms with van der Waals surface area (Å²) in [4.78, 5) is 12.2. The summed E-state index contributed by atoms with van der Waals surface area (Å²) in [5, 5.41) is 15.7. The highest BCUT2D eigenvalue weighted by molar-refractivity contribution is 6.06. The number of nitrogens with zero attached hydrogens (tertiary/aromatic N) is 2. The van der Waals surface area contributed by atoms with Crippen molar-refractivity contribution in [1.82, 2.24) is 9.78 Å². The second kappa shape index (κ2) is 6.21. The maximum atomic E-state index is 12.2. The number of aromatic nitrogens is 2. The highest BCUT2D eigenvalue weighted by Gasteiger charge is 2.16. The number of nitrogens with two attached hydrogens (primary N) is 1. The van der Waals surface area contributed by atoms with Crippen molar-refractivity contribution in [1.29, 1.82) is 0 Å². The summed E-state index contributed by atoms with van der Waals surface area (Å²) in [6, 6.07) is 7.33. The molecule has 0 radical (unpaired) electrons. The second-order valence-corrected chi connectivity index (χ2v) is 4.39. The number of carbonyl (C=O) groups excluding carboxylic acids is 1. The Balaban J connectivity index is 2.13. The van der Waals surface area contributed by atoms with Crippen molar-refractivity contribution in [2.24, 2.45) is 0 Å². The second-order valence-electron chi connectivity index (χ2n) is 4.39. The minimum absolute atomic E-state index is 0.109. The molecular weight excluding hydrogens is 256 g/mol. The van der Waals surface area contributed by atoms with Gasteiger partial charge in [-0.3, -0.25) is 9.48 Å². The van der Waals surface area contributed by atoms with Crippen molar-refractivity contribution in [3.05, 3.63) is 41.7 Å². The quantitative estimate of drug-likeness (QED) is 0.765. The van der Waals surface area contributed by atoms with Crippen LogP contribution in [0.1, 0.15) is 23.0 Å². The lowest BCUT2D eigenvalue weighted by Gasteiger charge is -2.08. The smallest absolute Gasteiger partial charge is 0.276 e. The van der Waals surface area contributed by atoms with E-state index in [1.54, 1.807) is 16.8 Å². The van der Waals surface area contributed by atoms with Crippen LogP contribution in [0.15, 0.2) is 30.5 Å². The normalized spacial score (nSPS) is 10.5. The molecule has 1 aromatic carbocycles. The molecule has 1 amide bonds. The molecule has 0 aliphatic carbocycles. The summed E-state index contributed by atoms with van der Waals surface area (Å²) in [6.07, 6.45) is 2.08. The first-order valence-corrected chi connectivity index (χ1v) is 6.48. The molecule has 0 spiro atoms. The fourth-order valence-electron chi connectivity index (χ4n) is 1.96. The van der Waals surface area contributed by atoms with Crippen molar-refractivity contribution in [3.8, 4) is 0 Å². The molecule has 0 atom stereocenters. The molecule has 0 aliphatic rings. The number of aliphatic hydroxyl groups excluding tert-OH is 1. The Labute approximate surface area is 117 Å². The summed E-state index contributed by atoms with van der Waals surface area (Å²) >= 11 is 0. The van der Waals surface area contributed by atoms with Crippen LogP contribution >= 0.6 is 0 Å². The van der Waals surface area contributed by atoms with Gasteiger partial charge in [0.15, 0.2) is 0 Å². The molecule has 0 bridgehead atoms. The fraction of sp³-hybridized carbons (Fsp3) is 0.286. The van der Waals surface area contributed by atoms with Gasteiger partial charge in [0.25, 0.3) is 5.91 Å². The summed E-state index contributed by atoms with van der Waals surface area (Å²) in [6.45, 7) is 2.58. The molecule has 4 N–H and O–H groups in total. The fourth-order valence-corrected chi connectivity index (χ4v) is 1.96. The number of carbonyl (C=O) groups is 1. The minimum atomic E-state index is -0.281. The van der Waals surface area contributed by atoms with E-state index in [1.807, 2.05) is 19.1 Å². The molecule has 20 heavy (non-hydrogen) atoms. The maximum Gasteiger partial charge on any atom is 0.276 e. The molecular formula is C14H18N4O2. The Morgan fingerprint density at radius 3 is 2.70 bits per heavy atom. The first-order chi connectivity index (χ1) is 9.65. The summed E-state index contributed by atoms with van der Waals surface area (Å²) in [7, 11) is 0. The Morgan fingerprint density at radius 2 is 2.10 bits per heavy atom. The topological polar surface area (TPSA) is 93.2 Å². The molecule has 0 fully saturated rings. The molecule has 1 heterocycles. The molecule has 6 nitrogen and oxygen atoms in total. The van der Waals surface area contributed by atoms with Gasteiger partial charge < -0.3 is 16.2 Å². The minimum Gasteiger partial charge on any atom is -0.396 e. The van der Waals surface area contributed by atoms with E-state index in [1.165, 1.54) is 6.20 Å². The SMILES string of the molecule is CCn1ncc(N)c1C(=O)Nc1ccc(CCO)cc1. The first-order valence-electron chi connectivity index (χ1n) is 6.48. The van der Waals surface area contributed by atoms with Gasteiger partial charge in [-0.2, -0.15) is 5.10 Å². The van der Waals surface area contributed by atoms with E-state index in [-0.39, 0.29) is 12.5 Å². The Kier molecular flexibility index (Phi) is 4.37. The standard InChI is InChI=1S/C14H18N4O2/c1-2-18-13(12(15)9-16-18)14(20)17-11-5-3-10(4-6-11)7-8-19/h3-6,9,19H,2,7-8,15H2,1H3,(H,17,20). The predicted molar refractivity (Wildman–Crippen MR) is 77.5 cm³/mol. The number of aliphatic hydroxyl groups is 1. The van der Waals surface area contributed by atoms with Crippen LogP contribution in [0.2, 0.25) is 0 Å². The third-order valence-electron chi connectivity index (χ3n) is 2.99. The maximum absolute atomic E-state index is 12.2. The lowest BCUT2D eigenvalue weighted by atomic mass is 10.1. The number of hydrogen-bond acceptors (Lipinski definition) is 4. The molecule has 0 saturated carbocycles. The highest BCUT2D eigenvalue weighted by atomic mass is 16.3. The van der Waals surface area contributed by atoms with Crippen LogP contribution in [-0.2, 0) is 13.0 Å². The van der Waals surface area contributed by atoms with Gasteiger partial charge in [0, 0.05) is 18.8 Å². The van der Waals surface area contributed by atoms with Gasteiger partial charge in [0.2, 0.25) is 0 Å². The molecule has 2 rings (SSSR count). The average Bonchev–Trinajstić information content (AvgIpc) is 2.82. The monoisotopic (exact) mass is 274 g/mol. The third-order valence-corrected chi connectivity index (χ3v) is 2.99. The largest absolute Gasteiger partial charge is 0.396 e. The molecule has 6 heteroatoms. The number of aryl methyl sites for hydroxylation is 1. The number of benzene rings is 1. The first kappa shape index (κ1) is 14.1. The van der Waals surface area contributed by atoms with Crippen LogP contribution in [0.5, 0.6) is 0 Å². The Hall–Kier alpha value is -2.34. The summed E-state index contributed by atoms with van der Waals surface area (Å²) in [5.74, 6) is -0.281. The van der Waals surface area contributed by atoms with E-state index in [0.717, 1.165) is 5.56 Å². The van der Waals surface area contributed by atoms with Crippen LogP contribution in [0, 0.1) is 0 Å². The van der Waals surface area contributed by atoms with E-state index in [2.05, 4.69) is 10.4 Å². The van der Waals surface area contributed by atoms with E-state index in [4.69, 9.17) is 10.8 Å². The van der Waals surface area contributed by atoms with Crippen molar-refractivity contribution in [3.63, 3.8) is 0 Å². The number of anilines is 2. The van der Waals surface area contributed by atoms with Crippen LogP contribution in [-0.4, -0.2) is 27.4 Å².